The van der Waals surface area contributed by atoms with E-state index in [0.717, 1.165) is 5.56 Å². The Morgan fingerprint density at radius 3 is 2.11 bits per heavy atom. The number of rotatable bonds is 7. The molecule has 0 radical (unpaired) electrons. The minimum absolute atomic E-state index is 0.00834. The van der Waals surface area contributed by atoms with Crippen LogP contribution < -0.4 is 9.47 Å². The Balaban J connectivity index is 1.79. The largest absolute Gasteiger partial charge is 0.493 e. The van der Waals surface area contributed by atoms with E-state index in [1.165, 1.54) is 31.6 Å². The monoisotopic (exact) mass is 524 g/mol. The third-order valence-corrected chi connectivity index (χ3v) is 6.62. The summed E-state index contributed by atoms with van der Waals surface area (Å²) in [6.45, 7) is 6.12. The lowest BCUT2D eigenvalue weighted by Crippen LogP contribution is -2.11. The van der Waals surface area contributed by atoms with Crippen LogP contribution in [0.3, 0.4) is 0 Å². The molecule has 2 aromatic carbocycles. The van der Waals surface area contributed by atoms with E-state index >= 15 is 0 Å². The van der Waals surface area contributed by atoms with Crippen LogP contribution in [0.2, 0.25) is 5.15 Å². The highest BCUT2D eigenvalue weighted by atomic mass is 35.5. The first kappa shape index (κ1) is 25.3. The van der Waals surface area contributed by atoms with E-state index in [2.05, 4.69) is 24.7 Å². The van der Waals surface area contributed by atoms with Crippen molar-refractivity contribution in [2.45, 2.75) is 31.1 Å². The van der Waals surface area contributed by atoms with Gasteiger partial charge >= 0.3 is 0 Å². The SMILES string of the molecule is COc1ccccc1Oc1c(Cl)nc(-c2ncccn2)nc1[N-]S(=O)(=O)c1ccc(C(C)(C)C)cc1. The zero-order valence-corrected chi connectivity index (χ0v) is 21.6. The predicted molar refractivity (Wildman–Crippen MR) is 136 cm³/mol. The number of halogens is 1. The number of ether oxygens (including phenoxy) is 2. The van der Waals surface area contributed by atoms with Crippen LogP contribution in [0, 0.1) is 0 Å². The standard InChI is InChI=1S/C25H23ClN5O4S/c1-25(2,3)16-10-12-17(13-11-16)36(32,33)31-22-20(35-19-9-6-5-8-18(19)34-4)21(26)29-24(30-22)23-27-14-7-15-28-23/h5-15H,1-4H3/q-1. The van der Waals surface area contributed by atoms with Gasteiger partial charge in [-0.05, 0) is 47.1 Å². The molecule has 11 heteroatoms. The van der Waals surface area contributed by atoms with Crippen LogP contribution in [0.5, 0.6) is 17.2 Å². The molecule has 2 aromatic heterocycles. The van der Waals surface area contributed by atoms with E-state index in [9.17, 15) is 8.42 Å². The second-order valence-electron chi connectivity index (χ2n) is 8.66. The van der Waals surface area contributed by atoms with Gasteiger partial charge in [0.1, 0.15) is 0 Å². The maximum Gasteiger partial charge on any atom is 0.202 e. The average Bonchev–Trinajstić information content (AvgIpc) is 2.86. The van der Waals surface area contributed by atoms with E-state index < -0.39 is 10.0 Å². The molecule has 0 spiro atoms. The molecule has 0 unspecified atom stereocenters. The number of sulfonamides is 1. The normalized spacial score (nSPS) is 11.7. The molecule has 186 valence electrons. The second-order valence-corrected chi connectivity index (χ2v) is 10.6. The van der Waals surface area contributed by atoms with Gasteiger partial charge in [-0.3, -0.25) is 0 Å². The van der Waals surface area contributed by atoms with E-state index in [1.807, 2.05) is 20.8 Å². The fourth-order valence-corrected chi connectivity index (χ4v) is 4.32. The number of aromatic nitrogens is 4. The maximum atomic E-state index is 13.3. The summed E-state index contributed by atoms with van der Waals surface area (Å²) in [5.74, 6) is 0.351. The lowest BCUT2D eigenvalue weighted by molar-refractivity contribution is 0.379. The van der Waals surface area contributed by atoms with Gasteiger partial charge < -0.3 is 19.2 Å². The number of nitrogens with zero attached hydrogens (tertiary/aromatic N) is 5. The zero-order valence-electron chi connectivity index (χ0n) is 20.0. The Morgan fingerprint density at radius 2 is 1.50 bits per heavy atom. The molecule has 9 nitrogen and oxygen atoms in total. The Hall–Kier alpha value is -3.76. The summed E-state index contributed by atoms with van der Waals surface area (Å²) in [7, 11) is -2.72. The van der Waals surface area contributed by atoms with Crippen molar-refractivity contribution in [3.8, 4) is 28.9 Å². The molecule has 36 heavy (non-hydrogen) atoms. The lowest BCUT2D eigenvalue weighted by Gasteiger charge is -2.23. The first-order chi connectivity index (χ1) is 17.1. The summed E-state index contributed by atoms with van der Waals surface area (Å²) >= 11 is 6.45. The van der Waals surface area contributed by atoms with E-state index in [0.29, 0.717) is 5.75 Å². The summed E-state index contributed by atoms with van der Waals surface area (Å²) in [5.41, 5.74) is 0.843. The van der Waals surface area contributed by atoms with Crippen molar-refractivity contribution >= 4 is 27.4 Å². The van der Waals surface area contributed by atoms with Crippen molar-refractivity contribution in [3.05, 3.63) is 82.4 Å². The summed E-state index contributed by atoms with van der Waals surface area (Å²) in [6, 6.07) is 14.9. The van der Waals surface area contributed by atoms with Gasteiger partial charge in [0, 0.05) is 12.4 Å². The molecule has 2 heterocycles. The molecule has 0 saturated heterocycles. The van der Waals surface area contributed by atoms with Crippen molar-refractivity contribution in [1.29, 1.82) is 0 Å². The van der Waals surface area contributed by atoms with Crippen molar-refractivity contribution in [3.63, 3.8) is 0 Å². The minimum atomic E-state index is -4.20. The van der Waals surface area contributed by atoms with Gasteiger partial charge in [0.15, 0.2) is 28.2 Å². The van der Waals surface area contributed by atoms with Crippen LogP contribution in [-0.4, -0.2) is 35.5 Å². The van der Waals surface area contributed by atoms with Crippen molar-refractivity contribution in [1.82, 2.24) is 19.9 Å². The predicted octanol–water partition coefficient (Wildman–Crippen LogP) is 6.08. The summed E-state index contributed by atoms with van der Waals surface area (Å²) < 4.78 is 41.7. The molecular weight excluding hydrogens is 502 g/mol. The Bertz CT molecular complexity index is 1480. The van der Waals surface area contributed by atoms with Gasteiger partial charge in [-0.25, -0.2) is 23.4 Å². The molecule has 0 saturated carbocycles. The minimum Gasteiger partial charge on any atom is -0.493 e. The molecule has 4 rings (SSSR count). The fourth-order valence-electron chi connectivity index (χ4n) is 3.18. The van der Waals surface area contributed by atoms with Gasteiger partial charge in [0.05, 0.1) is 17.8 Å². The molecule has 0 amide bonds. The number of para-hydroxylation sites is 2. The summed E-state index contributed by atoms with van der Waals surface area (Å²) in [4.78, 5) is 16.7. The molecule has 0 aliphatic heterocycles. The number of hydrogen-bond donors (Lipinski definition) is 0. The van der Waals surface area contributed by atoms with Crippen molar-refractivity contribution in [2.75, 3.05) is 7.11 Å². The molecule has 0 bridgehead atoms. The van der Waals surface area contributed by atoms with Crippen LogP contribution in [0.4, 0.5) is 5.82 Å². The number of hydrogen-bond acceptors (Lipinski definition) is 8. The molecule has 0 fully saturated rings. The highest BCUT2D eigenvalue weighted by molar-refractivity contribution is 7.94. The third-order valence-electron chi connectivity index (χ3n) is 5.08. The van der Waals surface area contributed by atoms with E-state index in [1.54, 1.807) is 42.5 Å². The third kappa shape index (κ3) is 5.55. The van der Waals surface area contributed by atoms with Gasteiger partial charge in [0.2, 0.25) is 10.0 Å². The quantitative estimate of drug-likeness (QED) is 0.267. The van der Waals surface area contributed by atoms with Crippen LogP contribution in [-0.2, 0) is 15.4 Å². The van der Waals surface area contributed by atoms with Crippen molar-refractivity contribution in [2.24, 2.45) is 0 Å². The summed E-state index contributed by atoms with van der Waals surface area (Å²) in [5, 5.41) is -0.171. The smallest absolute Gasteiger partial charge is 0.202 e. The highest BCUT2D eigenvalue weighted by Gasteiger charge is 2.19. The highest BCUT2D eigenvalue weighted by Crippen LogP contribution is 2.43. The molecule has 0 aliphatic carbocycles. The topological polar surface area (TPSA) is 118 Å². The molecule has 0 aliphatic rings. The first-order valence-corrected chi connectivity index (χ1v) is 12.6. The van der Waals surface area contributed by atoms with Gasteiger partial charge in [-0.1, -0.05) is 56.6 Å². The fraction of sp³-hybridized carbons (Fsp3) is 0.200. The van der Waals surface area contributed by atoms with Gasteiger partial charge in [0.25, 0.3) is 0 Å². The van der Waals surface area contributed by atoms with Gasteiger partial charge in [-0.15, -0.1) is 0 Å². The van der Waals surface area contributed by atoms with Crippen LogP contribution >= 0.6 is 11.6 Å². The second kappa shape index (κ2) is 10.1. The Morgan fingerprint density at radius 1 is 0.861 bits per heavy atom. The Labute approximate surface area is 214 Å². The van der Waals surface area contributed by atoms with E-state index in [4.69, 9.17) is 21.1 Å². The molecule has 4 aromatic rings. The molecule has 0 atom stereocenters. The van der Waals surface area contributed by atoms with Crippen LogP contribution in [0.15, 0.2) is 71.9 Å². The molecule has 0 N–H and O–H groups in total. The first-order valence-electron chi connectivity index (χ1n) is 10.8. The maximum absolute atomic E-state index is 13.3. The van der Waals surface area contributed by atoms with E-state index in [-0.39, 0.29) is 44.4 Å². The Kier molecular flexibility index (Phi) is 7.09. The average molecular weight is 525 g/mol. The van der Waals surface area contributed by atoms with Crippen LogP contribution in [0.25, 0.3) is 16.4 Å². The van der Waals surface area contributed by atoms with Gasteiger partial charge in [-0.2, -0.15) is 0 Å². The number of benzene rings is 2. The lowest BCUT2D eigenvalue weighted by atomic mass is 9.87. The number of methoxy groups -OCH3 is 1. The van der Waals surface area contributed by atoms with Crippen molar-refractivity contribution < 1.29 is 17.9 Å². The summed E-state index contributed by atoms with van der Waals surface area (Å²) in [6.07, 6.45) is 3.01. The molecular formula is C25H23ClN5O4S-. The van der Waals surface area contributed by atoms with Crippen LogP contribution in [0.1, 0.15) is 26.3 Å². The zero-order chi connectivity index (χ0) is 25.9.